The Balaban J connectivity index is 1.84. The van der Waals surface area contributed by atoms with Crippen LogP contribution in [0.2, 0.25) is 0 Å². The van der Waals surface area contributed by atoms with Crippen molar-refractivity contribution in [3.8, 4) is 0 Å². The minimum absolute atomic E-state index is 0.0617. The first-order chi connectivity index (χ1) is 8.68. The van der Waals surface area contributed by atoms with Crippen molar-refractivity contribution in [1.82, 2.24) is 15.2 Å². The van der Waals surface area contributed by atoms with Gasteiger partial charge < -0.3 is 15.3 Å². The molecule has 5 nitrogen and oxygen atoms in total. The summed E-state index contributed by atoms with van der Waals surface area (Å²) in [7, 11) is 1.76. The number of β-amino-alcohol motifs (C(OH)–C–C–N with tert-alkyl or cyclic N) is 1. The van der Waals surface area contributed by atoms with Crippen LogP contribution in [-0.2, 0) is 11.2 Å². The molecule has 1 aromatic rings. The van der Waals surface area contributed by atoms with Crippen molar-refractivity contribution in [2.24, 2.45) is 0 Å². The molecule has 0 unspecified atom stereocenters. The first kappa shape index (κ1) is 13.0. The Hall–Kier alpha value is -1.46. The van der Waals surface area contributed by atoms with Crippen LogP contribution in [0.25, 0.3) is 0 Å². The molecule has 1 aromatic heterocycles. The van der Waals surface area contributed by atoms with Gasteiger partial charge in [0.25, 0.3) is 0 Å². The van der Waals surface area contributed by atoms with Gasteiger partial charge >= 0.3 is 0 Å². The van der Waals surface area contributed by atoms with Gasteiger partial charge in [-0.3, -0.25) is 9.78 Å². The van der Waals surface area contributed by atoms with E-state index in [9.17, 15) is 9.90 Å². The fraction of sp³-hybridized carbons (Fsp3) is 0.538. The molecule has 0 aromatic carbocycles. The highest BCUT2D eigenvalue weighted by atomic mass is 16.3. The number of nitrogens with zero attached hydrogens (tertiary/aromatic N) is 2. The summed E-state index contributed by atoms with van der Waals surface area (Å²) in [5, 5.41) is 12.8. The lowest BCUT2D eigenvalue weighted by Crippen LogP contribution is -2.44. The van der Waals surface area contributed by atoms with E-state index >= 15 is 0 Å². The minimum Gasteiger partial charge on any atom is -0.390 e. The molecule has 5 heteroatoms. The van der Waals surface area contributed by atoms with E-state index in [0.717, 1.165) is 5.56 Å². The maximum absolute atomic E-state index is 12.0. The number of amides is 1. The average Bonchev–Trinajstić information content (AvgIpc) is 2.82. The van der Waals surface area contributed by atoms with Crippen LogP contribution in [0, 0.1) is 0 Å². The fourth-order valence-corrected chi connectivity index (χ4v) is 2.20. The number of likely N-dealkylation sites (N-methyl/N-ethyl adjacent to an activating group) is 1. The van der Waals surface area contributed by atoms with Crippen molar-refractivity contribution in [2.45, 2.75) is 25.0 Å². The number of hydrogen-bond donors (Lipinski definition) is 2. The number of aromatic nitrogens is 1. The summed E-state index contributed by atoms with van der Waals surface area (Å²) in [6.45, 7) is 1.22. The quantitative estimate of drug-likeness (QED) is 0.776. The highest BCUT2D eigenvalue weighted by Crippen LogP contribution is 2.10. The smallest absolute Gasteiger partial charge is 0.223 e. The number of aliphatic hydroxyl groups excluding tert-OH is 1. The van der Waals surface area contributed by atoms with Crippen molar-refractivity contribution in [3.63, 3.8) is 0 Å². The first-order valence-corrected chi connectivity index (χ1v) is 6.22. The van der Waals surface area contributed by atoms with Crippen LogP contribution < -0.4 is 5.32 Å². The van der Waals surface area contributed by atoms with Gasteiger partial charge in [0, 0.05) is 39.0 Å². The van der Waals surface area contributed by atoms with Crippen LogP contribution in [0.4, 0.5) is 0 Å². The molecule has 0 saturated carbocycles. The Bertz CT molecular complexity index is 396. The molecule has 0 radical (unpaired) electrons. The average molecular weight is 249 g/mol. The molecule has 1 aliphatic heterocycles. The topological polar surface area (TPSA) is 65.5 Å². The van der Waals surface area contributed by atoms with Crippen LogP contribution in [0.15, 0.2) is 24.5 Å². The molecule has 0 spiro atoms. The summed E-state index contributed by atoms with van der Waals surface area (Å²) in [6, 6.07) is 3.73. The molecule has 1 saturated heterocycles. The zero-order valence-corrected chi connectivity index (χ0v) is 10.5. The standard InChI is InChI=1S/C13H19N3O2/c1-16(11-8-15-9-12(11)17)13(18)5-4-10-3-2-6-14-7-10/h2-3,6-7,11-12,15,17H,4-5,8-9H2,1H3/t11-,12-/m1/s1. The number of pyridine rings is 1. The van der Waals surface area contributed by atoms with E-state index in [-0.39, 0.29) is 11.9 Å². The van der Waals surface area contributed by atoms with Crippen molar-refractivity contribution in [2.75, 3.05) is 20.1 Å². The molecular weight excluding hydrogens is 230 g/mol. The lowest BCUT2D eigenvalue weighted by Gasteiger charge is -2.26. The van der Waals surface area contributed by atoms with Crippen LogP contribution in [-0.4, -0.2) is 53.2 Å². The number of aliphatic hydroxyl groups is 1. The highest BCUT2D eigenvalue weighted by Gasteiger charge is 2.30. The monoisotopic (exact) mass is 249 g/mol. The summed E-state index contributed by atoms with van der Waals surface area (Å²) in [5.74, 6) is 0.0617. The Morgan fingerprint density at radius 1 is 1.61 bits per heavy atom. The minimum atomic E-state index is -0.461. The highest BCUT2D eigenvalue weighted by molar-refractivity contribution is 5.76. The SMILES string of the molecule is CN(C(=O)CCc1cccnc1)[C@@H]1CNC[C@H]1O. The van der Waals surface area contributed by atoms with E-state index in [0.29, 0.717) is 25.9 Å². The molecule has 98 valence electrons. The molecule has 0 bridgehead atoms. The van der Waals surface area contributed by atoms with E-state index < -0.39 is 6.10 Å². The van der Waals surface area contributed by atoms with Crippen LogP contribution in [0.5, 0.6) is 0 Å². The van der Waals surface area contributed by atoms with Crippen molar-refractivity contribution < 1.29 is 9.90 Å². The van der Waals surface area contributed by atoms with Crippen molar-refractivity contribution in [1.29, 1.82) is 0 Å². The molecule has 2 N–H and O–H groups in total. The Morgan fingerprint density at radius 2 is 2.44 bits per heavy atom. The van der Waals surface area contributed by atoms with E-state index in [1.807, 2.05) is 12.1 Å². The summed E-state index contributed by atoms with van der Waals surface area (Å²) in [6.07, 6.45) is 4.17. The number of nitrogens with one attached hydrogen (secondary N) is 1. The van der Waals surface area contributed by atoms with Gasteiger partial charge in [-0.25, -0.2) is 0 Å². The maximum Gasteiger partial charge on any atom is 0.223 e. The molecule has 1 amide bonds. The number of carbonyl (C=O) groups excluding carboxylic acids is 1. The van der Waals surface area contributed by atoms with E-state index in [4.69, 9.17) is 0 Å². The number of carbonyl (C=O) groups is 1. The largest absolute Gasteiger partial charge is 0.390 e. The Labute approximate surface area is 107 Å². The molecule has 18 heavy (non-hydrogen) atoms. The predicted octanol–water partition coefficient (Wildman–Crippen LogP) is -0.195. The van der Waals surface area contributed by atoms with Crippen LogP contribution in [0.3, 0.4) is 0 Å². The zero-order valence-electron chi connectivity index (χ0n) is 10.5. The summed E-state index contributed by atoms with van der Waals surface area (Å²) in [4.78, 5) is 17.7. The third-order valence-electron chi connectivity index (χ3n) is 3.39. The lowest BCUT2D eigenvalue weighted by atomic mass is 10.1. The van der Waals surface area contributed by atoms with Gasteiger partial charge in [-0.15, -0.1) is 0 Å². The third-order valence-corrected chi connectivity index (χ3v) is 3.39. The molecule has 0 aliphatic carbocycles. The number of rotatable bonds is 4. The van der Waals surface area contributed by atoms with Gasteiger partial charge in [0.1, 0.15) is 0 Å². The van der Waals surface area contributed by atoms with Gasteiger partial charge in [-0.2, -0.15) is 0 Å². The third kappa shape index (κ3) is 3.05. The lowest BCUT2D eigenvalue weighted by molar-refractivity contribution is -0.133. The molecule has 2 heterocycles. The van der Waals surface area contributed by atoms with Gasteiger partial charge in [0.15, 0.2) is 0 Å². The summed E-state index contributed by atoms with van der Waals surface area (Å²) >= 11 is 0. The van der Waals surface area contributed by atoms with E-state index in [2.05, 4.69) is 10.3 Å². The zero-order chi connectivity index (χ0) is 13.0. The second-order valence-corrected chi connectivity index (χ2v) is 4.66. The maximum atomic E-state index is 12.0. The normalized spacial score (nSPS) is 23.0. The van der Waals surface area contributed by atoms with Gasteiger partial charge in [-0.05, 0) is 18.1 Å². The van der Waals surface area contributed by atoms with Crippen LogP contribution >= 0.6 is 0 Å². The fourth-order valence-electron chi connectivity index (χ4n) is 2.20. The molecule has 2 rings (SSSR count). The summed E-state index contributed by atoms with van der Waals surface area (Å²) < 4.78 is 0. The molecule has 2 atom stereocenters. The van der Waals surface area contributed by atoms with Crippen LogP contribution in [0.1, 0.15) is 12.0 Å². The van der Waals surface area contributed by atoms with Gasteiger partial charge in [0.05, 0.1) is 12.1 Å². The molecule has 1 aliphatic rings. The van der Waals surface area contributed by atoms with Gasteiger partial charge in [-0.1, -0.05) is 6.07 Å². The Morgan fingerprint density at radius 3 is 3.06 bits per heavy atom. The summed E-state index contributed by atoms with van der Waals surface area (Å²) in [5.41, 5.74) is 1.06. The van der Waals surface area contributed by atoms with E-state index in [1.165, 1.54) is 0 Å². The number of hydrogen-bond acceptors (Lipinski definition) is 4. The van der Waals surface area contributed by atoms with E-state index in [1.54, 1.807) is 24.3 Å². The second kappa shape index (κ2) is 5.93. The van der Waals surface area contributed by atoms with Crippen molar-refractivity contribution >= 4 is 5.91 Å². The second-order valence-electron chi connectivity index (χ2n) is 4.66. The molecule has 1 fully saturated rings. The van der Waals surface area contributed by atoms with Gasteiger partial charge in [0.2, 0.25) is 5.91 Å². The first-order valence-electron chi connectivity index (χ1n) is 6.22. The molecular formula is C13H19N3O2. The Kier molecular flexibility index (Phi) is 4.28. The number of aryl methyl sites for hydroxylation is 1. The predicted molar refractivity (Wildman–Crippen MR) is 68.0 cm³/mol. The van der Waals surface area contributed by atoms with Crippen molar-refractivity contribution in [3.05, 3.63) is 30.1 Å².